The zero-order valence-electron chi connectivity index (χ0n) is 15.7. The number of rotatable bonds is 8. The van der Waals surface area contributed by atoms with E-state index in [2.05, 4.69) is 11.8 Å². The lowest BCUT2D eigenvalue weighted by Crippen LogP contribution is -2.41. The summed E-state index contributed by atoms with van der Waals surface area (Å²) in [6, 6.07) is 9.41. The van der Waals surface area contributed by atoms with Gasteiger partial charge in [0.25, 0.3) is 0 Å². The Morgan fingerprint density at radius 2 is 1.65 bits per heavy atom. The van der Waals surface area contributed by atoms with E-state index in [9.17, 15) is 9.59 Å². The van der Waals surface area contributed by atoms with Gasteiger partial charge in [-0.25, -0.2) is 0 Å². The third-order valence-corrected chi connectivity index (χ3v) is 3.63. The first-order valence-corrected chi connectivity index (χ1v) is 8.77. The van der Waals surface area contributed by atoms with Crippen LogP contribution in [0.15, 0.2) is 54.6 Å². The van der Waals surface area contributed by atoms with Crippen molar-refractivity contribution in [3.8, 4) is 11.8 Å². The molecule has 0 radical (unpaired) electrons. The number of hydrogen-bond acceptors (Lipinski definition) is 4. The predicted molar refractivity (Wildman–Crippen MR) is 102 cm³/mol. The number of hydrogen-bond donors (Lipinski definition) is 0. The standard InChI is InChI=1S/C22H26O4/c1-4-7-8-12-17-22(20(23)25-5-2,21(24)26-6-3)18-13-16-19-14-10-9-11-15-19/h4,7-12,14-15H,5-6,17-18H2,1-3H3/b7-4+,12-8+. The fraction of sp³-hybridized carbons (Fsp3) is 0.364. The van der Waals surface area contributed by atoms with Crippen molar-refractivity contribution >= 4 is 11.9 Å². The Bertz CT molecular complexity index is 672. The van der Waals surface area contributed by atoms with Gasteiger partial charge in [-0.05, 0) is 39.3 Å². The minimum absolute atomic E-state index is 0.0275. The highest BCUT2D eigenvalue weighted by atomic mass is 16.6. The van der Waals surface area contributed by atoms with Crippen LogP contribution in [0.1, 0.15) is 39.2 Å². The minimum Gasteiger partial charge on any atom is -0.465 e. The van der Waals surface area contributed by atoms with Gasteiger partial charge in [-0.2, -0.15) is 0 Å². The second-order valence-electron chi connectivity index (χ2n) is 5.53. The van der Waals surface area contributed by atoms with Crippen LogP contribution in [0.25, 0.3) is 0 Å². The van der Waals surface area contributed by atoms with Gasteiger partial charge in [0.15, 0.2) is 5.41 Å². The first kappa shape index (κ1) is 21.2. The molecule has 26 heavy (non-hydrogen) atoms. The maximum atomic E-state index is 12.6. The average Bonchev–Trinajstić information content (AvgIpc) is 2.65. The Balaban J connectivity index is 3.19. The number of allylic oxidation sites excluding steroid dienone is 4. The summed E-state index contributed by atoms with van der Waals surface area (Å²) in [6.07, 6.45) is 7.44. The molecule has 1 rings (SSSR count). The van der Waals surface area contributed by atoms with Crippen LogP contribution in [-0.4, -0.2) is 25.2 Å². The van der Waals surface area contributed by atoms with E-state index >= 15 is 0 Å². The SMILES string of the molecule is C/C=C/C=C/CC(CC#Cc1ccccc1)(C(=O)OCC)C(=O)OCC. The third kappa shape index (κ3) is 6.25. The highest BCUT2D eigenvalue weighted by Gasteiger charge is 2.47. The van der Waals surface area contributed by atoms with E-state index in [1.165, 1.54) is 0 Å². The number of ether oxygens (including phenoxy) is 2. The topological polar surface area (TPSA) is 52.6 Å². The molecule has 4 heteroatoms. The molecule has 0 aliphatic rings. The van der Waals surface area contributed by atoms with Gasteiger partial charge < -0.3 is 9.47 Å². The van der Waals surface area contributed by atoms with Gasteiger partial charge in [0.05, 0.1) is 13.2 Å². The smallest absolute Gasteiger partial charge is 0.324 e. The maximum absolute atomic E-state index is 12.6. The van der Waals surface area contributed by atoms with Crippen LogP contribution < -0.4 is 0 Å². The van der Waals surface area contributed by atoms with Crippen molar-refractivity contribution in [3.05, 3.63) is 60.2 Å². The van der Waals surface area contributed by atoms with Crippen molar-refractivity contribution < 1.29 is 19.1 Å². The molecular weight excluding hydrogens is 328 g/mol. The van der Waals surface area contributed by atoms with Gasteiger partial charge in [0.2, 0.25) is 0 Å². The largest absolute Gasteiger partial charge is 0.465 e. The second kappa shape index (κ2) is 11.7. The average molecular weight is 354 g/mol. The molecule has 0 fully saturated rings. The molecule has 0 bridgehead atoms. The zero-order valence-corrected chi connectivity index (χ0v) is 15.7. The molecule has 0 aliphatic heterocycles. The van der Waals surface area contributed by atoms with Crippen molar-refractivity contribution in [1.82, 2.24) is 0 Å². The molecular formula is C22H26O4. The van der Waals surface area contributed by atoms with Crippen molar-refractivity contribution in [2.75, 3.05) is 13.2 Å². The number of esters is 2. The monoisotopic (exact) mass is 354 g/mol. The summed E-state index contributed by atoms with van der Waals surface area (Å²) < 4.78 is 10.4. The lowest BCUT2D eigenvalue weighted by molar-refractivity contribution is -0.171. The van der Waals surface area contributed by atoms with Crippen molar-refractivity contribution in [2.45, 2.75) is 33.6 Å². The van der Waals surface area contributed by atoms with Crippen LogP contribution in [0.3, 0.4) is 0 Å². The number of benzene rings is 1. The minimum atomic E-state index is -1.47. The lowest BCUT2D eigenvalue weighted by atomic mass is 9.81. The van der Waals surface area contributed by atoms with Crippen LogP contribution in [-0.2, 0) is 19.1 Å². The normalized spacial score (nSPS) is 11.2. The Morgan fingerprint density at radius 3 is 2.19 bits per heavy atom. The molecule has 0 saturated carbocycles. The quantitative estimate of drug-likeness (QED) is 0.306. The molecule has 0 N–H and O–H groups in total. The molecule has 0 heterocycles. The summed E-state index contributed by atoms with van der Waals surface area (Å²) >= 11 is 0. The predicted octanol–water partition coefficient (Wildman–Crippen LogP) is 4.06. The number of carbonyl (C=O) groups excluding carboxylic acids is 2. The zero-order chi connectivity index (χ0) is 19.3. The van der Waals surface area contributed by atoms with Crippen LogP contribution >= 0.6 is 0 Å². The number of carbonyl (C=O) groups is 2. The van der Waals surface area contributed by atoms with Gasteiger partial charge >= 0.3 is 11.9 Å². The highest BCUT2D eigenvalue weighted by molar-refractivity contribution is 6.00. The van der Waals surface area contributed by atoms with E-state index in [1.807, 2.05) is 49.4 Å². The van der Waals surface area contributed by atoms with Gasteiger partial charge in [0, 0.05) is 12.0 Å². The van der Waals surface area contributed by atoms with Gasteiger partial charge in [-0.15, -0.1) is 0 Å². The first-order chi connectivity index (χ1) is 12.6. The molecule has 0 amide bonds. The summed E-state index contributed by atoms with van der Waals surface area (Å²) in [6.45, 7) is 5.67. The molecule has 0 spiro atoms. The summed E-state index contributed by atoms with van der Waals surface area (Å²) in [5.41, 5.74) is -0.648. The summed E-state index contributed by atoms with van der Waals surface area (Å²) in [7, 11) is 0. The molecule has 1 aromatic carbocycles. The van der Waals surface area contributed by atoms with E-state index < -0.39 is 17.4 Å². The Labute approximate surface area is 155 Å². The Hall–Kier alpha value is -2.80. The lowest BCUT2D eigenvalue weighted by Gasteiger charge is -2.26. The molecule has 0 atom stereocenters. The molecule has 0 aliphatic carbocycles. The van der Waals surface area contributed by atoms with E-state index in [0.717, 1.165) is 5.56 Å². The van der Waals surface area contributed by atoms with Crippen molar-refractivity contribution in [3.63, 3.8) is 0 Å². The molecule has 4 nitrogen and oxygen atoms in total. The van der Waals surface area contributed by atoms with E-state index in [4.69, 9.17) is 9.47 Å². The van der Waals surface area contributed by atoms with Gasteiger partial charge in [0.1, 0.15) is 0 Å². The molecule has 0 unspecified atom stereocenters. The molecule has 0 saturated heterocycles. The van der Waals surface area contributed by atoms with Gasteiger partial charge in [-0.3, -0.25) is 9.59 Å². The summed E-state index contributed by atoms with van der Waals surface area (Å²) in [4.78, 5) is 25.3. The van der Waals surface area contributed by atoms with Gasteiger partial charge in [-0.1, -0.05) is 54.3 Å². The van der Waals surface area contributed by atoms with Crippen LogP contribution in [0.4, 0.5) is 0 Å². The van der Waals surface area contributed by atoms with Crippen molar-refractivity contribution in [1.29, 1.82) is 0 Å². The molecule has 1 aromatic rings. The first-order valence-electron chi connectivity index (χ1n) is 8.77. The Morgan fingerprint density at radius 1 is 1.04 bits per heavy atom. The Kier molecular flexibility index (Phi) is 9.56. The highest BCUT2D eigenvalue weighted by Crippen LogP contribution is 2.31. The van der Waals surface area contributed by atoms with Crippen LogP contribution in [0.5, 0.6) is 0 Å². The third-order valence-electron chi connectivity index (χ3n) is 3.63. The second-order valence-corrected chi connectivity index (χ2v) is 5.53. The van der Waals surface area contributed by atoms with Crippen molar-refractivity contribution in [2.24, 2.45) is 5.41 Å². The maximum Gasteiger partial charge on any atom is 0.324 e. The van der Waals surface area contributed by atoms with Crippen LogP contribution in [0, 0.1) is 17.3 Å². The van der Waals surface area contributed by atoms with E-state index in [-0.39, 0.29) is 26.1 Å². The van der Waals surface area contributed by atoms with E-state index in [1.54, 1.807) is 26.0 Å². The molecule has 138 valence electrons. The fourth-order valence-electron chi connectivity index (χ4n) is 2.28. The molecule has 0 aromatic heterocycles. The van der Waals surface area contributed by atoms with Crippen LogP contribution in [0.2, 0.25) is 0 Å². The summed E-state index contributed by atoms with van der Waals surface area (Å²) in [5.74, 6) is 4.74. The van der Waals surface area contributed by atoms with E-state index in [0.29, 0.717) is 0 Å². The summed E-state index contributed by atoms with van der Waals surface area (Å²) in [5, 5.41) is 0. The fourth-order valence-corrected chi connectivity index (χ4v) is 2.28.